The van der Waals surface area contributed by atoms with E-state index in [4.69, 9.17) is 10.2 Å². The fourth-order valence-electron chi connectivity index (χ4n) is 1.62. The predicted molar refractivity (Wildman–Crippen MR) is 79.9 cm³/mol. The highest BCUT2D eigenvalue weighted by Gasteiger charge is 2.20. The first-order chi connectivity index (χ1) is 11.2. The third-order valence-electron chi connectivity index (χ3n) is 2.75. The van der Waals surface area contributed by atoms with Crippen LogP contribution in [0.1, 0.15) is 19.3 Å². The summed E-state index contributed by atoms with van der Waals surface area (Å²) >= 11 is 0. The van der Waals surface area contributed by atoms with Crippen LogP contribution >= 0.6 is 0 Å². The minimum Gasteiger partial charge on any atom is -0.481 e. The molecule has 0 aromatic heterocycles. The van der Waals surface area contributed by atoms with Crippen LogP contribution in [0, 0.1) is 20.2 Å². The molecule has 0 saturated heterocycles. The van der Waals surface area contributed by atoms with Gasteiger partial charge in [0, 0.05) is 12.5 Å². The molecule has 0 saturated carbocycles. The molecular weight excluding hydrogens is 328 g/mol. The molecular formula is C12H12N4O8. The van der Waals surface area contributed by atoms with E-state index in [2.05, 4.69) is 10.5 Å². The van der Waals surface area contributed by atoms with E-state index in [0.717, 1.165) is 12.1 Å². The number of carboxylic acids is 2. The van der Waals surface area contributed by atoms with Gasteiger partial charge in [-0.3, -0.25) is 30.4 Å². The van der Waals surface area contributed by atoms with Gasteiger partial charge in [-0.1, -0.05) is 0 Å². The van der Waals surface area contributed by atoms with Gasteiger partial charge in [-0.15, -0.1) is 0 Å². The van der Waals surface area contributed by atoms with Crippen LogP contribution in [-0.2, 0) is 9.59 Å². The van der Waals surface area contributed by atoms with Crippen LogP contribution < -0.4 is 5.43 Å². The van der Waals surface area contributed by atoms with E-state index >= 15 is 0 Å². The lowest BCUT2D eigenvalue weighted by atomic mass is 10.1. The molecule has 0 atom stereocenters. The van der Waals surface area contributed by atoms with Crippen molar-refractivity contribution in [2.24, 2.45) is 5.10 Å². The second-order valence-corrected chi connectivity index (χ2v) is 4.44. The van der Waals surface area contributed by atoms with Crippen molar-refractivity contribution < 1.29 is 29.6 Å². The van der Waals surface area contributed by atoms with E-state index in [1.165, 1.54) is 0 Å². The van der Waals surface area contributed by atoms with Crippen molar-refractivity contribution in [1.29, 1.82) is 0 Å². The van der Waals surface area contributed by atoms with Gasteiger partial charge in [-0.25, -0.2) is 4.79 Å². The second-order valence-electron chi connectivity index (χ2n) is 4.44. The van der Waals surface area contributed by atoms with Gasteiger partial charge in [-0.2, -0.15) is 5.10 Å². The van der Waals surface area contributed by atoms with E-state index in [9.17, 15) is 29.8 Å². The molecule has 0 aliphatic rings. The number of nitrogens with zero attached hydrogens (tertiary/aromatic N) is 3. The Balaban J connectivity index is 3.00. The Bertz CT molecular complexity index is 715. The first kappa shape index (κ1) is 18.5. The highest BCUT2D eigenvalue weighted by atomic mass is 16.6. The molecule has 128 valence electrons. The average Bonchev–Trinajstić information content (AvgIpc) is 2.49. The fourth-order valence-corrected chi connectivity index (χ4v) is 1.62. The summed E-state index contributed by atoms with van der Waals surface area (Å²) in [5, 5.41) is 42.5. The van der Waals surface area contributed by atoms with Gasteiger partial charge in [0.25, 0.3) is 5.69 Å². The molecule has 3 N–H and O–H groups in total. The Kier molecular flexibility index (Phi) is 6.29. The van der Waals surface area contributed by atoms with Crippen LogP contribution in [0.5, 0.6) is 0 Å². The van der Waals surface area contributed by atoms with Crippen LogP contribution in [0.4, 0.5) is 17.1 Å². The van der Waals surface area contributed by atoms with E-state index < -0.39 is 38.9 Å². The highest BCUT2D eigenvalue weighted by molar-refractivity contribution is 6.35. The summed E-state index contributed by atoms with van der Waals surface area (Å²) in [6.45, 7) is 0. The van der Waals surface area contributed by atoms with E-state index in [0.29, 0.717) is 6.07 Å². The van der Waals surface area contributed by atoms with Gasteiger partial charge in [-0.05, 0) is 18.9 Å². The molecule has 1 rings (SSSR count). The summed E-state index contributed by atoms with van der Waals surface area (Å²) in [6, 6.07) is 2.73. The standard InChI is InChI=1S/C12H12N4O8/c17-11(18)3-1-2-9(12(19)20)14-13-8-5-4-7(15(21)22)6-10(8)16(23)24/h4-6,13H,1-3H2,(H,17,18)(H,19,20). The van der Waals surface area contributed by atoms with Crippen molar-refractivity contribution in [2.75, 3.05) is 5.43 Å². The van der Waals surface area contributed by atoms with Gasteiger partial charge in [0.2, 0.25) is 0 Å². The number of non-ortho nitro benzene ring substituents is 1. The van der Waals surface area contributed by atoms with Crippen LogP contribution in [-0.4, -0.2) is 37.7 Å². The molecule has 0 bridgehead atoms. The summed E-state index contributed by atoms with van der Waals surface area (Å²) < 4.78 is 0. The lowest BCUT2D eigenvalue weighted by Gasteiger charge is -2.04. The van der Waals surface area contributed by atoms with Crippen molar-refractivity contribution >= 4 is 34.7 Å². The zero-order valence-electron chi connectivity index (χ0n) is 12.0. The smallest absolute Gasteiger partial charge is 0.352 e. The molecule has 0 fully saturated rings. The Morgan fingerprint density at radius 2 is 1.79 bits per heavy atom. The topological polar surface area (TPSA) is 185 Å². The zero-order chi connectivity index (χ0) is 18.3. The molecule has 0 amide bonds. The summed E-state index contributed by atoms with van der Waals surface area (Å²) in [7, 11) is 0. The van der Waals surface area contributed by atoms with Gasteiger partial charge < -0.3 is 10.2 Å². The molecule has 0 heterocycles. The third kappa shape index (κ3) is 5.32. The normalized spacial score (nSPS) is 10.9. The number of rotatable bonds is 9. The predicted octanol–water partition coefficient (Wildman–Crippen LogP) is 1.61. The third-order valence-corrected chi connectivity index (χ3v) is 2.75. The first-order valence-corrected chi connectivity index (χ1v) is 6.43. The van der Waals surface area contributed by atoms with Crippen molar-refractivity contribution in [1.82, 2.24) is 0 Å². The molecule has 0 aliphatic carbocycles. The number of aliphatic carboxylic acids is 2. The number of benzene rings is 1. The zero-order valence-corrected chi connectivity index (χ0v) is 12.0. The maximum atomic E-state index is 11.0. The average molecular weight is 340 g/mol. The number of anilines is 1. The number of nitro benzene ring substituents is 2. The largest absolute Gasteiger partial charge is 0.481 e. The molecule has 0 radical (unpaired) electrons. The fraction of sp³-hybridized carbons (Fsp3) is 0.250. The van der Waals surface area contributed by atoms with Crippen LogP contribution in [0.2, 0.25) is 0 Å². The number of hydrogen-bond donors (Lipinski definition) is 3. The first-order valence-electron chi connectivity index (χ1n) is 6.43. The van der Waals surface area contributed by atoms with Gasteiger partial charge in [0.05, 0.1) is 15.9 Å². The van der Waals surface area contributed by atoms with E-state index in [1.807, 2.05) is 0 Å². The van der Waals surface area contributed by atoms with Crippen LogP contribution in [0.3, 0.4) is 0 Å². The molecule has 24 heavy (non-hydrogen) atoms. The maximum Gasteiger partial charge on any atom is 0.352 e. The van der Waals surface area contributed by atoms with Gasteiger partial charge in [0.15, 0.2) is 0 Å². The minimum atomic E-state index is -1.42. The molecule has 1 aromatic rings. The Hall–Kier alpha value is -3.57. The summed E-state index contributed by atoms with van der Waals surface area (Å²) in [4.78, 5) is 41.3. The molecule has 0 unspecified atom stereocenters. The summed E-state index contributed by atoms with van der Waals surface area (Å²) in [5.41, 5.74) is 0.362. The lowest BCUT2D eigenvalue weighted by Crippen LogP contribution is -2.15. The number of hydrazone groups is 1. The number of hydrogen-bond acceptors (Lipinski definition) is 8. The maximum absolute atomic E-state index is 11.0. The van der Waals surface area contributed by atoms with Crippen molar-refractivity contribution in [2.45, 2.75) is 19.3 Å². The summed E-state index contributed by atoms with van der Waals surface area (Å²) in [5.74, 6) is -2.52. The SMILES string of the molecule is O=C(O)CCCC(=NNc1ccc([N+](=O)[O-])cc1[N+](=O)[O-])C(=O)O. The Morgan fingerprint density at radius 3 is 2.29 bits per heavy atom. The number of nitro groups is 2. The quantitative estimate of drug-likeness (QED) is 0.341. The highest BCUT2D eigenvalue weighted by Crippen LogP contribution is 2.28. The van der Waals surface area contributed by atoms with Crippen molar-refractivity contribution in [3.05, 3.63) is 38.4 Å². The molecule has 12 heteroatoms. The molecule has 12 nitrogen and oxygen atoms in total. The Labute approximate surface area is 133 Å². The minimum absolute atomic E-state index is 0.0184. The van der Waals surface area contributed by atoms with E-state index in [-0.39, 0.29) is 24.9 Å². The van der Waals surface area contributed by atoms with Crippen molar-refractivity contribution in [3.8, 4) is 0 Å². The number of carbonyl (C=O) groups is 2. The Morgan fingerprint density at radius 1 is 1.12 bits per heavy atom. The van der Waals surface area contributed by atoms with Gasteiger partial charge >= 0.3 is 17.6 Å². The van der Waals surface area contributed by atoms with Gasteiger partial charge in [0.1, 0.15) is 11.4 Å². The molecule has 0 aliphatic heterocycles. The second kappa shape index (κ2) is 8.17. The van der Waals surface area contributed by atoms with Crippen LogP contribution in [0.25, 0.3) is 0 Å². The molecule has 0 spiro atoms. The number of carboxylic acid groups (broad SMARTS) is 2. The molecule has 1 aromatic carbocycles. The monoisotopic (exact) mass is 340 g/mol. The van der Waals surface area contributed by atoms with E-state index in [1.54, 1.807) is 0 Å². The van der Waals surface area contributed by atoms with Crippen LogP contribution in [0.15, 0.2) is 23.3 Å². The lowest BCUT2D eigenvalue weighted by molar-refractivity contribution is -0.393. The van der Waals surface area contributed by atoms with Crippen molar-refractivity contribution in [3.63, 3.8) is 0 Å². The summed E-state index contributed by atoms with van der Waals surface area (Å²) in [6.07, 6.45) is -0.413. The number of nitrogens with one attached hydrogen (secondary N) is 1.